The third-order valence-corrected chi connectivity index (χ3v) is 13.2. The molecule has 190 valence electrons. The largest absolute Gasteiger partial charge is 0.542 e. The highest BCUT2D eigenvalue weighted by Gasteiger charge is 2.48. The standard InChI is InChI=1S/C28H44O5Si/c1-10-13-21(9)24-17-25(27(29)31-24)32-28(30)26-22(14-11-2)15-12-16-23(26)33-34(18(3)4,19(5)6)20(7)8/h10-12,15-16,18-21,24-25,27,29H,1-2,13-14,17H2,3-9H3/t21-,24+,25+,27-/m1/s1. The lowest BCUT2D eigenvalue weighted by atomic mass is 9.98. The van der Waals surface area contributed by atoms with Crippen molar-refractivity contribution in [2.24, 2.45) is 5.92 Å². The summed E-state index contributed by atoms with van der Waals surface area (Å²) in [4.78, 5) is 13.6. The Labute approximate surface area is 207 Å². The van der Waals surface area contributed by atoms with E-state index < -0.39 is 26.7 Å². The van der Waals surface area contributed by atoms with Crippen LogP contribution < -0.4 is 4.43 Å². The first kappa shape index (κ1) is 28.3. The first-order chi connectivity index (χ1) is 16.0. The number of hydrogen-bond acceptors (Lipinski definition) is 5. The highest BCUT2D eigenvalue weighted by molar-refractivity contribution is 6.78. The summed E-state index contributed by atoms with van der Waals surface area (Å²) in [6.07, 6.45) is 3.29. The predicted molar refractivity (Wildman–Crippen MR) is 141 cm³/mol. The molecule has 5 nitrogen and oxygen atoms in total. The highest BCUT2D eigenvalue weighted by Crippen LogP contribution is 2.44. The van der Waals surface area contributed by atoms with E-state index in [2.05, 4.69) is 54.7 Å². The fourth-order valence-corrected chi connectivity index (χ4v) is 10.8. The van der Waals surface area contributed by atoms with Gasteiger partial charge in [0.25, 0.3) is 8.32 Å². The van der Waals surface area contributed by atoms with Gasteiger partial charge in [0.05, 0.1) is 6.10 Å². The first-order valence-corrected chi connectivity index (χ1v) is 14.7. The molecule has 0 unspecified atom stereocenters. The topological polar surface area (TPSA) is 65.0 Å². The lowest BCUT2D eigenvalue weighted by Gasteiger charge is -2.42. The van der Waals surface area contributed by atoms with E-state index >= 15 is 0 Å². The Bertz CT molecular complexity index is 825. The molecule has 1 aliphatic heterocycles. The zero-order valence-electron chi connectivity index (χ0n) is 22.0. The van der Waals surface area contributed by atoms with Crippen molar-refractivity contribution < 1.29 is 23.8 Å². The monoisotopic (exact) mass is 488 g/mol. The van der Waals surface area contributed by atoms with Gasteiger partial charge in [-0.05, 0) is 47.0 Å². The van der Waals surface area contributed by atoms with Gasteiger partial charge < -0.3 is 19.0 Å². The van der Waals surface area contributed by atoms with Crippen LogP contribution in [0.15, 0.2) is 43.5 Å². The van der Waals surface area contributed by atoms with Crippen LogP contribution in [0.1, 0.15) is 77.2 Å². The van der Waals surface area contributed by atoms with Crippen LogP contribution in [-0.4, -0.2) is 37.9 Å². The number of carbonyl (C=O) groups excluding carboxylic acids is 1. The lowest BCUT2D eigenvalue weighted by molar-refractivity contribution is -0.136. The van der Waals surface area contributed by atoms with E-state index in [1.54, 1.807) is 6.08 Å². The zero-order valence-corrected chi connectivity index (χ0v) is 23.0. The molecule has 6 heteroatoms. The summed E-state index contributed by atoms with van der Waals surface area (Å²) in [6, 6.07) is 5.70. The molecule has 0 amide bonds. The minimum atomic E-state index is -2.30. The van der Waals surface area contributed by atoms with Crippen molar-refractivity contribution in [2.75, 3.05) is 0 Å². The van der Waals surface area contributed by atoms with Crippen LogP contribution in [0.3, 0.4) is 0 Å². The van der Waals surface area contributed by atoms with E-state index in [0.29, 0.717) is 40.8 Å². The van der Waals surface area contributed by atoms with Crippen molar-refractivity contribution in [2.45, 2.75) is 103 Å². The zero-order chi connectivity index (χ0) is 25.6. The molecule has 1 aromatic carbocycles. The number of carbonyl (C=O) groups is 1. The molecule has 1 N–H and O–H groups in total. The third-order valence-electron chi connectivity index (χ3n) is 7.20. The quantitative estimate of drug-likeness (QED) is 0.199. The molecule has 0 aromatic heterocycles. The van der Waals surface area contributed by atoms with Gasteiger partial charge in [0.15, 0.2) is 12.4 Å². The number of ether oxygens (including phenoxy) is 2. The normalized spacial score (nSPS) is 21.7. The molecule has 0 spiro atoms. The number of aliphatic hydroxyl groups excluding tert-OH is 1. The van der Waals surface area contributed by atoms with Crippen LogP contribution in [0.5, 0.6) is 5.75 Å². The molecule has 1 heterocycles. The SMILES string of the molecule is C=CCc1cccc(O[Si](C(C)C)(C(C)C)C(C)C)c1C(=O)O[C@H]1C[C@@H]([C@H](C)CC=C)O[C@H]1O. The average Bonchev–Trinajstić information content (AvgIpc) is 3.12. The van der Waals surface area contributed by atoms with Crippen LogP contribution in [0.2, 0.25) is 16.6 Å². The van der Waals surface area contributed by atoms with E-state index in [9.17, 15) is 9.90 Å². The Balaban J connectivity index is 2.41. The van der Waals surface area contributed by atoms with Gasteiger partial charge in [-0.3, -0.25) is 0 Å². The summed E-state index contributed by atoms with van der Waals surface area (Å²) in [7, 11) is -2.30. The van der Waals surface area contributed by atoms with Crippen LogP contribution in [0.25, 0.3) is 0 Å². The summed E-state index contributed by atoms with van der Waals surface area (Å²) < 4.78 is 18.5. The van der Waals surface area contributed by atoms with Gasteiger partial charge >= 0.3 is 5.97 Å². The number of hydrogen-bond donors (Lipinski definition) is 1. The van der Waals surface area contributed by atoms with Gasteiger partial charge in [0, 0.05) is 6.42 Å². The Hall–Kier alpha value is -1.89. The van der Waals surface area contributed by atoms with Gasteiger partial charge in [-0.1, -0.05) is 72.8 Å². The molecule has 0 bridgehead atoms. The van der Waals surface area contributed by atoms with E-state index in [1.807, 2.05) is 31.2 Å². The van der Waals surface area contributed by atoms with Crippen molar-refractivity contribution in [3.8, 4) is 5.75 Å². The van der Waals surface area contributed by atoms with Gasteiger partial charge in [-0.25, -0.2) is 4.79 Å². The van der Waals surface area contributed by atoms with Crippen LogP contribution >= 0.6 is 0 Å². The van der Waals surface area contributed by atoms with Crippen molar-refractivity contribution >= 4 is 14.3 Å². The van der Waals surface area contributed by atoms with Crippen molar-refractivity contribution in [1.29, 1.82) is 0 Å². The number of esters is 1. The molecule has 1 saturated heterocycles. The fourth-order valence-electron chi connectivity index (χ4n) is 5.51. The fraction of sp³-hybridized carbons (Fsp3) is 0.607. The molecular weight excluding hydrogens is 444 g/mol. The molecular formula is C28H44O5Si. The van der Waals surface area contributed by atoms with Crippen molar-refractivity contribution in [3.63, 3.8) is 0 Å². The molecule has 2 rings (SSSR count). The maximum absolute atomic E-state index is 13.6. The highest BCUT2D eigenvalue weighted by atomic mass is 28.4. The molecule has 1 fully saturated rings. The molecule has 0 aliphatic carbocycles. The smallest absolute Gasteiger partial charge is 0.342 e. The summed E-state index contributed by atoms with van der Waals surface area (Å²) >= 11 is 0. The van der Waals surface area contributed by atoms with Crippen LogP contribution in [-0.2, 0) is 15.9 Å². The van der Waals surface area contributed by atoms with E-state index in [-0.39, 0.29) is 12.0 Å². The first-order valence-electron chi connectivity index (χ1n) is 12.6. The lowest BCUT2D eigenvalue weighted by Crippen LogP contribution is -2.51. The molecule has 4 atom stereocenters. The summed E-state index contributed by atoms with van der Waals surface area (Å²) in [5.41, 5.74) is 2.31. The van der Waals surface area contributed by atoms with Gasteiger partial charge in [-0.2, -0.15) is 0 Å². The van der Waals surface area contributed by atoms with Crippen molar-refractivity contribution in [3.05, 3.63) is 54.6 Å². The average molecular weight is 489 g/mol. The van der Waals surface area contributed by atoms with Gasteiger partial charge in [0.2, 0.25) is 0 Å². The van der Waals surface area contributed by atoms with Gasteiger partial charge in [-0.15, -0.1) is 13.2 Å². The maximum Gasteiger partial charge on any atom is 0.342 e. The second-order valence-corrected chi connectivity index (χ2v) is 15.8. The molecule has 34 heavy (non-hydrogen) atoms. The Morgan fingerprint density at radius 1 is 1.12 bits per heavy atom. The third kappa shape index (κ3) is 6.02. The second-order valence-electron chi connectivity index (χ2n) is 10.4. The minimum Gasteiger partial charge on any atom is -0.542 e. The van der Waals surface area contributed by atoms with Crippen LogP contribution in [0, 0.1) is 5.92 Å². The predicted octanol–water partition coefficient (Wildman–Crippen LogP) is 6.81. The van der Waals surface area contributed by atoms with Crippen LogP contribution in [0.4, 0.5) is 0 Å². The molecule has 1 aliphatic rings. The van der Waals surface area contributed by atoms with E-state index in [0.717, 1.165) is 12.0 Å². The van der Waals surface area contributed by atoms with Gasteiger partial charge in [0.1, 0.15) is 11.3 Å². The number of benzene rings is 1. The second kappa shape index (κ2) is 12.2. The van der Waals surface area contributed by atoms with E-state index in [4.69, 9.17) is 13.9 Å². The summed E-state index contributed by atoms with van der Waals surface area (Å²) in [5.74, 6) is 0.255. The van der Waals surface area contributed by atoms with Crippen molar-refractivity contribution in [1.82, 2.24) is 0 Å². The Morgan fingerprint density at radius 3 is 2.26 bits per heavy atom. The molecule has 0 radical (unpaired) electrons. The molecule has 0 saturated carbocycles. The van der Waals surface area contributed by atoms with E-state index in [1.165, 1.54) is 0 Å². The number of aliphatic hydroxyl groups is 1. The molecule has 1 aromatic rings. The number of rotatable bonds is 12. The summed E-state index contributed by atoms with van der Waals surface area (Å²) in [6.45, 7) is 23.0. The maximum atomic E-state index is 13.6. The minimum absolute atomic E-state index is 0.178. The Morgan fingerprint density at radius 2 is 1.74 bits per heavy atom. The summed E-state index contributed by atoms with van der Waals surface area (Å²) in [5, 5.41) is 10.5. The Kier molecular flexibility index (Phi) is 10.2. The number of allylic oxidation sites excluding steroid dienone is 2.